The van der Waals surface area contributed by atoms with Gasteiger partial charge >= 0.3 is 0 Å². The van der Waals surface area contributed by atoms with Crippen LogP contribution in [0.3, 0.4) is 0 Å². The van der Waals surface area contributed by atoms with Crippen LogP contribution in [0, 0.1) is 11.8 Å². The Morgan fingerprint density at radius 3 is 2.68 bits per heavy atom. The van der Waals surface area contributed by atoms with E-state index in [0.29, 0.717) is 17.9 Å². The van der Waals surface area contributed by atoms with Crippen LogP contribution in [-0.4, -0.2) is 36.5 Å². The molecule has 1 aliphatic heterocycles. The lowest BCUT2D eigenvalue weighted by atomic mass is 9.85. The van der Waals surface area contributed by atoms with Crippen LogP contribution in [-0.2, 0) is 4.79 Å². The van der Waals surface area contributed by atoms with Gasteiger partial charge in [-0.15, -0.1) is 12.4 Å². The van der Waals surface area contributed by atoms with Crippen LogP contribution in [0.2, 0.25) is 0 Å². The van der Waals surface area contributed by atoms with Gasteiger partial charge < -0.3 is 10.2 Å². The van der Waals surface area contributed by atoms with Gasteiger partial charge in [-0.25, -0.2) is 0 Å². The fraction of sp³-hybridized carbons (Fsp3) is 0.933. The molecule has 1 saturated heterocycles. The van der Waals surface area contributed by atoms with Gasteiger partial charge in [-0.1, -0.05) is 33.1 Å². The van der Waals surface area contributed by atoms with Crippen molar-refractivity contribution >= 4 is 18.3 Å². The summed E-state index contributed by atoms with van der Waals surface area (Å²) in [5, 5.41) is 3.57. The van der Waals surface area contributed by atoms with Gasteiger partial charge in [0.05, 0.1) is 6.04 Å². The molecule has 4 atom stereocenters. The normalized spacial score (nSPS) is 31.2. The molecule has 0 radical (unpaired) electrons. The number of likely N-dealkylation sites (N-methyl/N-ethyl adjacent to an activating group) is 1. The number of halogens is 1. The first-order valence-corrected chi connectivity index (χ1v) is 7.62. The topological polar surface area (TPSA) is 32.3 Å². The molecule has 0 spiro atoms. The highest BCUT2D eigenvalue weighted by molar-refractivity contribution is 5.85. The maximum Gasteiger partial charge on any atom is 0.239 e. The van der Waals surface area contributed by atoms with Gasteiger partial charge in [0.1, 0.15) is 0 Å². The van der Waals surface area contributed by atoms with Gasteiger partial charge in [0.25, 0.3) is 0 Å². The molecule has 4 heteroatoms. The summed E-state index contributed by atoms with van der Waals surface area (Å²) in [5.41, 5.74) is 0. The summed E-state index contributed by atoms with van der Waals surface area (Å²) in [6, 6.07) is 0.705. The van der Waals surface area contributed by atoms with Gasteiger partial charge in [-0.3, -0.25) is 4.79 Å². The summed E-state index contributed by atoms with van der Waals surface area (Å²) in [6.07, 6.45) is 7.47. The van der Waals surface area contributed by atoms with Gasteiger partial charge in [-0.05, 0) is 31.1 Å². The van der Waals surface area contributed by atoms with E-state index in [4.69, 9.17) is 0 Å². The van der Waals surface area contributed by atoms with E-state index < -0.39 is 0 Å². The Hall–Kier alpha value is -0.280. The van der Waals surface area contributed by atoms with Gasteiger partial charge in [0.2, 0.25) is 5.91 Å². The van der Waals surface area contributed by atoms with Crippen molar-refractivity contribution in [3.8, 4) is 0 Å². The average Bonchev–Trinajstić information content (AvgIpc) is 2.81. The second kappa shape index (κ2) is 7.49. The van der Waals surface area contributed by atoms with E-state index in [2.05, 4.69) is 19.2 Å². The molecule has 4 unspecified atom stereocenters. The second-order valence-electron chi connectivity index (χ2n) is 6.34. The third kappa shape index (κ3) is 4.09. The third-order valence-corrected chi connectivity index (χ3v) is 4.82. The highest BCUT2D eigenvalue weighted by Crippen LogP contribution is 2.33. The minimum Gasteiger partial charge on any atom is -0.344 e. The Bertz CT molecular complexity index is 284. The number of amides is 1. The van der Waals surface area contributed by atoms with Gasteiger partial charge in [-0.2, -0.15) is 0 Å². The van der Waals surface area contributed by atoms with Crippen LogP contribution in [0.25, 0.3) is 0 Å². The van der Waals surface area contributed by atoms with Crippen molar-refractivity contribution in [3.05, 3.63) is 0 Å². The maximum absolute atomic E-state index is 12.4. The molecular weight excluding hydrogens is 260 g/mol. The Kier molecular flexibility index (Phi) is 6.61. The number of carbonyl (C=O) groups is 1. The average molecular weight is 289 g/mol. The number of rotatable bonds is 4. The molecule has 3 nitrogen and oxygen atoms in total. The smallest absolute Gasteiger partial charge is 0.239 e. The lowest BCUT2D eigenvalue weighted by Gasteiger charge is -2.25. The Labute approximate surface area is 123 Å². The molecule has 2 aliphatic rings. The van der Waals surface area contributed by atoms with Crippen molar-refractivity contribution in [2.24, 2.45) is 11.8 Å². The minimum atomic E-state index is 0. The highest BCUT2D eigenvalue weighted by Gasteiger charge is 2.39. The SMILES string of the molecule is CCC(C)CN(C)C(=O)C1CC2CCCCC2N1.Cl. The zero-order valence-corrected chi connectivity index (χ0v) is 13.3. The summed E-state index contributed by atoms with van der Waals surface area (Å²) < 4.78 is 0. The summed E-state index contributed by atoms with van der Waals surface area (Å²) in [7, 11) is 1.96. The predicted octanol–water partition coefficient (Wildman–Crippen LogP) is 2.83. The van der Waals surface area contributed by atoms with Crippen molar-refractivity contribution in [2.45, 2.75) is 64.5 Å². The molecule has 0 aromatic rings. The van der Waals surface area contributed by atoms with Crippen LogP contribution >= 0.6 is 12.4 Å². The molecule has 112 valence electrons. The fourth-order valence-corrected chi connectivity index (χ4v) is 3.46. The molecule has 1 amide bonds. The van der Waals surface area contributed by atoms with E-state index in [-0.39, 0.29) is 18.4 Å². The number of fused-ring (bicyclic) bond motifs is 1. The first-order chi connectivity index (χ1) is 8.61. The van der Waals surface area contributed by atoms with Crippen molar-refractivity contribution in [3.63, 3.8) is 0 Å². The second-order valence-corrected chi connectivity index (χ2v) is 6.34. The lowest BCUT2D eigenvalue weighted by Crippen LogP contribution is -2.45. The van der Waals surface area contributed by atoms with E-state index in [1.165, 1.54) is 25.7 Å². The molecular formula is C15H29ClN2O. The molecule has 0 aromatic heterocycles. The Balaban J connectivity index is 0.00000180. The molecule has 1 N–H and O–H groups in total. The first-order valence-electron chi connectivity index (χ1n) is 7.62. The fourth-order valence-electron chi connectivity index (χ4n) is 3.46. The standard InChI is InChI=1S/C15H28N2O.ClH/c1-4-11(2)10-17(3)15(18)14-9-12-7-5-6-8-13(12)16-14;/h11-14,16H,4-10H2,1-3H3;1H. The van der Waals surface area contributed by atoms with Crippen molar-refractivity contribution < 1.29 is 4.79 Å². The molecule has 19 heavy (non-hydrogen) atoms. The highest BCUT2D eigenvalue weighted by atomic mass is 35.5. The van der Waals surface area contributed by atoms with Crippen LogP contribution in [0.4, 0.5) is 0 Å². The number of nitrogens with one attached hydrogen (secondary N) is 1. The third-order valence-electron chi connectivity index (χ3n) is 4.82. The minimum absolute atomic E-state index is 0. The number of hydrogen-bond donors (Lipinski definition) is 1. The van der Waals surface area contributed by atoms with Crippen LogP contribution < -0.4 is 5.32 Å². The molecule has 1 aliphatic carbocycles. The van der Waals surface area contributed by atoms with Crippen molar-refractivity contribution in [2.75, 3.05) is 13.6 Å². The lowest BCUT2D eigenvalue weighted by molar-refractivity contribution is -0.132. The number of carbonyl (C=O) groups excluding carboxylic acids is 1. The quantitative estimate of drug-likeness (QED) is 0.863. The van der Waals surface area contributed by atoms with E-state index >= 15 is 0 Å². The van der Waals surface area contributed by atoms with Gasteiger partial charge in [0, 0.05) is 19.6 Å². The van der Waals surface area contributed by atoms with E-state index in [9.17, 15) is 4.79 Å². The van der Waals surface area contributed by atoms with E-state index in [0.717, 1.165) is 25.3 Å². The molecule has 0 bridgehead atoms. The van der Waals surface area contributed by atoms with Crippen molar-refractivity contribution in [1.29, 1.82) is 0 Å². The van der Waals surface area contributed by atoms with Gasteiger partial charge in [0.15, 0.2) is 0 Å². The monoisotopic (exact) mass is 288 g/mol. The van der Waals surface area contributed by atoms with Crippen LogP contribution in [0.1, 0.15) is 52.4 Å². The predicted molar refractivity (Wildman–Crippen MR) is 81.6 cm³/mol. The van der Waals surface area contributed by atoms with E-state index in [1.54, 1.807) is 0 Å². The summed E-state index contributed by atoms with van der Waals surface area (Å²) in [4.78, 5) is 14.3. The van der Waals surface area contributed by atoms with Crippen molar-refractivity contribution in [1.82, 2.24) is 10.2 Å². The number of hydrogen-bond acceptors (Lipinski definition) is 2. The van der Waals surface area contributed by atoms with Crippen LogP contribution in [0.5, 0.6) is 0 Å². The summed E-state index contributed by atoms with van der Waals surface area (Å²) in [6.45, 7) is 5.29. The molecule has 1 heterocycles. The Morgan fingerprint density at radius 1 is 1.37 bits per heavy atom. The molecule has 2 fully saturated rings. The largest absolute Gasteiger partial charge is 0.344 e. The first kappa shape index (κ1) is 16.8. The zero-order chi connectivity index (χ0) is 13.1. The summed E-state index contributed by atoms with van der Waals surface area (Å²) >= 11 is 0. The Morgan fingerprint density at radius 2 is 2.05 bits per heavy atom. The molecule has 1 saturated carbocycles. The van der Waals surface area contributed by atoms with E-state index in [1.807, 2.05) is 11.9 Å². The maximum atomic E-state index is 12.4. The zero-order valence-electron chi connectivity index (χ0n) is 12.5. The number of nitrogens with zero attached hydrogens (tertiary/aromatic N) is 1. The molecule has 0 aromatic carbocycles. The van der Waals surface area contributed by atoms with Crippen LogP contribution in [0.15, 0.2) is 0 Å². The summed E-state index contributed by atoms with van der Waals surface area (Å²) in [5.74, 6) is 1.66. The molecule has 2 rings (SSSR count).